The van der Waals surface area contributed by atoms with E-state index < -0.39 is 27.8 Å². The molecule has 2 aromatic carbocycles. The van der Waals surface area contributed by atoms with E-state index in [4.69, 9.17) is 4.74 Å². The van der Waals surface area contributed by atoms with Crippen LogP contribution in [0, 0.1) is 0 Å². The lowest BCUT2D eigenvalue weighted by Gasteiger charge is -2.16. The summed E-state index contributed by atoms with van der Waals surface area (Å²) in [6.07, 6.45) is -2.72. The Balaban J connectivity index is 1.46. The molecule has 0 spiro atoms. The molecule has 0 saturated carbocycles. The van der Waals surface area contributed by atoms with Gasteiger partial charge in [0, 0.05) is 55.4 Å². The summed E-state index contributed by atoms with van der Waals surface area (Å²) in [5.74, 6) is 0.557. The second kappa shape index (κ2) is 13.2. The second-order valence-corrected chi connectivity index (χ2v) is 11.4. The van der Waals surface area contributed by atoms with Crippen LogP contribution in [0.15, 0.2) is 53.6 Å². The Bertz CT molecular complexity index is 1520. The van der Waals surface area contributed by atoms with E-state index in [-0.39, 0.29) is 42.0 Å². The summed E-state index contributed by atoms with van der Waals surface area (Å²) in [4.78, 5) is 23.3. The van der Waals surface area contributed by atoms with Gasteiger partial charge < -0.3 is 30.9 Å². The Morgan fingerprint density at radius 1 is 1.14 bits per heavy atom. The van der Waals surface area contributed by atoms with Crippen molar-refractivity contribution in [2.45, 2.75) is 24.0 Å². The van der Waals surface area contributed by atoms with Crippen LogP contribution in [0.25, 0.3) is 0 Å². The van der Waals surface area contributed by atoms with Crippen molar-refractivity contribution in [1.82, 2.24) is 24.9 Å². The van der Waals surface area contributed by atoms with Crippen LogP contribution in [0.5, 0.6) is 5.75 Å². The lowest BCUT2D eigenvalue weighted by molar-refractivity contribution is -0.137. The normalized spacial score (nSPS) is 14.8. The first-order chi connectivity index (χ1) is 19.9. The lowest BCUT2D eigenvalue weighted by atomic mass is 10.2. The number of hydrogen-bond donors (Lipinski definition) is 5. The van der Waals surface area contributed by atoms with E-state index in [1.807, 2.05) is 19.0 Å². The number of ether oxygens (including phenoxy) is 1. The molecule has 1 aliphatic heterocycles. The Labute approximate surface area is 241 Å². The number of hydrogen-bond acceptors (Lipinski definition) is 9. The number of aromatic nitrogens is 2. The zero-order chi connectivity index (χ0) is 30.3. The molecular formula is C26H31F3N8O4S. The highest BCUT2D eigenvalue weighted by Crippen LogP contribution is 2.34. The van der Waals surface area contributed by atoms with E-state index >= 15 is 0 Å². The molecule has 2 amide bonds. The van der Waals surface area contributed by atoms with E-state index in [1.165, 1.54) is 24.4 Å². The zero-order valence-electron chi connectivity index (χ0n) is 22.9. The van der Waals surface area contributed by atoms with Gasteiger partial charge in [0.2, 0.25) is 16.0 Å². The molecule has 0 atom stereocenters. The fourth-order valence-electron chi connectivity index (χ4n) is 3.82. The molecule has 2 heterocycles. The number of rotatable bonds is 7. The summed E-state index contributed by atoms with van der Waals surface area (Å²) < 4.78 is 73.5. The maximum Gasteiger partial charge on any atom is 0.416 e. The van der Waals surface area contributed by atoms with Crippen molar-refractivity contribution in [3.63, 3.8) is 0 Å². The molecule has 0 aliphatic carbocycles. The van der Waals surface area contributed by atoms with Gasteiger partial charge in [0.15, 0.2) is 0 Å². The van der Waals surface area contributed by atoms with Crippen molar-refractivity contribution in [3.8, 4) is 5.75 Å². The predicted molar refractivity (Wildman–Crippen MR) is 151 cm³/mol. The van der Waals surface area contributed by atoms with Crippen LogP contribution in [0.2, 0.25) is 0 Å². The molecule has 4 rings (SSSR count). The standard InChI is InChI=1S/C26H31F3N8O4S/c1-37(2)9-10-41-21-12-18(26(27,28)29)11-20(13-21)35-25(38)32-16-17-15-31-24-34-19-5-3-6-22(14-19)42(39,40)33-8-4-7-30-23(17)36-24/h3,5-6,11-15,33H,4,7-10,16H2,1-2H3,(H2,32,35,38)(H2,30,31,34,36). The molecule has 226 valence electrons. The number of sulfonamides is 1. The SMILES string of the molecule is CN(C)CCOc1cc(NC(=O)NCc2cnc3nc2NCCCNS(=O)(=O)c2cccc(c2)N3)cc(C(F)(F)F)c1. The van der Waals surface area contributed by atoms with Gasteiger partial charge in [-0.15, -0.1) is 0 Å². The predicted octanol–water partition coefficient (Wildman–Crippen LogP) is 3.60. The van der Waals surface area contributed by atoms with Crippen LogP contribution in [0.3, 0.4) is 0 Å². The van der Waals surface area contributed by atoms with E-state index in [0.29, 0.717) is 36.6 Å². The highest BCUT2D eigenvalue weighted by atomic mass is 32.2. The Hall–Kier alpha value is -4.15. The van der Waals surface area contributed by atoms with Gasteiger partial charge in [0.05, 0.1) is 10.5 Å². The molecule has 0 unspecified atom stereocenters. The van der Waals surface area contributed by atoms with E-state index in [2.05, 4.69) is 36.0 Å². The van der Waals surface area contributed by atoms with Gasteiger partial charge in [-0.2, -0.15) is 18.2 Å². The third-order valence-corrected chi connectivity index (χ3v) is 7.40. The number of anilines is 4. The maximum absolute atomic E-state index is 13.5. The highest BCUT2D eigenvalue weighted by Gasteiger charge is 2.31. The minimum Gasteiger partial charge on any atom is -0.492 e. The van der Waals surface area contributed by atoms with Gasteiger partial charge >= 0.3 is 12.2 Å². The Kier molecular flexibility index (Phi) is 9.70. The number of carbonyl (C=O) groups is 1. The second-order valence-electron chi connectivity index (χ2n) is 9.60. The molecule has 42 heavy (non-hydrogen) atoms. The number of amides is 2. The number of halogens is 3. The molecule has 0 radical (unpaired) electrons. The average molecular weight is 609 g/mol. The summed E-state index contributed by atoms with van der Waals surface area (Å²) >= 11 is 0. The molecule has 0 saturated heterocycles. The molecule has 12 nitrogen and oxygen atoms in total. The van der Waals surface area contributed by atoms with Crippen LogP contribution >= 0.6 is 0 Å². The number of alkyl halides is 3. The first-order valence-corrected chi connectivity index (χ1v) is 14.4. The van der Waals surface area contributed by atoms with Crippen LogP contribution in [-0.4, -0.2) is 69.7 Å². The van der Waals surface area contributed by atoms with E-state index in [9.17, 15) is 26.4 Å². The number of carbonyl (C=O) groups excluding carboxylic acids is 1. The van der Waals surface area contributed by atoms with Crippen molar-refractivity contribution in [3.05, 3.63) is 59.8 Å². The molecule has 1 aliphatic rings. The number of likely N-dealkylation sites (N-methyl/N-ethyl adjacent to an activating group) is 1. The minimum atomic E-state index is -4.64. The van der Waals surface area contributed by atoms with Crippen molar-refractivity contribution < 1.29 is 31.1 Å². The summed E-state index contributed by atoms with van der Waals surface area (Å²) in [6.45, 7) is 1.14. The average Bonchev–Trinajstić information content (AvgIpc) is 2.92. The fourth-order valence-corrected chi connectivity index (χ4v) is 4.94. The fraction of sp³-hybridized carbons (Fsp3) is 0.346. The summed E-state index contributed by atoms with van der Waals surface area (Å²) in [7, 11) is -0.0772. The first kappa shape index (κ1) is 30.8. The third-order valence-electron chi connectivity index (χ3n) is 5.94. The Morgan fingerprint density at radius 3 is 2.71 bits per heavy atom. The molecular weight excluding hydrogens is 577 g/mol. The lowest BCUT2D eigenvalue weighted by Crippen LogP contribution is -2.29. The van der Waals surface area contributed by atoms with Crippen LogP contribution in [0.4, 0.5) is 41.1 Å². The number of nitrogens with one attached hydrogen (secondary N) is 5. The van der Waals surface area contributed by atoms with Gasteiger partial charge in [0.1, 0.15) is 18.2 Å². The molecule has 16 heteroatoms. The quantitative estimate of drug-likeness (QED) is 0.271. The number of nitrogens with zero attached hydrogens (tertiary/aromatic N) is 3. The van der Waals surface area contributed by atoms with Crippen LogP contribution in [0.1, 0.15) is 17.5 Å². The van der Waals surface area contributed by atoms with Crippen molar-refractivity contribution in [2.75, 3.05) is 56.3 Å². The monoisotopic (exact) mass is 608 g/mol. The topological polar surface area (TPSA) is 150 Å². The zero-order valence-corrected chi connectivity index (χ0v) is 23.7. The minimum absolute atomic E-state index is 0.0262. The summed E-state index contributed by atoms with van der Waals surface area (Å²) in [5.41, 5.74) is -0.0948. The number of benzene rings is 2. The van der Waals surface area contributed by atoms with Crippen molar-refractivity contribution in [1.29, 1.82) is 0 Å². The molecule has 4 bridgehead atoms. The number of fused-ring (bicyclic) bond motifs is 4. The highest BCUT2D eigenvalue weighted by molar-refractivity contribution is 7.89. The van der Waals surface area contributed by atoms with Gasteiger partial charge in [-0.3, -0.25) is 0 Å². The van der Waals surface area contributed by atoms with Crippen molar-refractivity contribution >= 4 is 39.2 Å². The number of urea groups is 1. The molecule has 1 aromatic heterocycles. The first-order valence-electron chi connectivity index (χ1n) is 12.9. The summed E-state index contributed by atoms with van der Waals surface area (Å²) in [6, 6.07) is 8.47. The summed E-state index contributed by atoms with van der Waals surface area (Å²) in [5, 5.41) is 11.1. The molecule has 3 aromatic rings. The van der Waals surface area contributed by atoms with Crippen molar-refractivity contribution in [2.24, 2.45) is 0 Å². The molecule has 5 N–H and O–H groups in total. The van der Waals surface area contributed by atoms with Gasteiger partial charge in [-0.25, -0.2) is 22.9 Å². The van der Waals surface area contributed by atoms with Crippen LogP contribution < -0.4 is 30.7 Å². The smallest absolute Gasteiger partial charge is 0.416 e. The van der Waals surface area contributed by atoms with Gasteiger partial charge in [-0.1, -0.05) is 6.07 Å². The van der Waals surface area contributed by atoms with E-state index in [0.717, 1.165) is 12.1 Å². The Morgan fingerprint density at radius 2 is 1.95 bits per heavy atom. The maximum atomic E-state index is 13.5. The molecule has 0 fully saturated rings. The van der Waals surface area contributed by atoms with Gasteiger partial charge in [-0.05, 0) is 50.8 Å². The largest absolute Gasteiger partial charge is 0.492 e. The van der Waals surface area contributed by atoms with E-state index in [1.54, 1.807) is 12.1 Å². The van der Waals surface area contributed by atoms with Crippen LogP contribution in [-0.2, 0) is 22.7 Å². The van der Waals surface area contributed by atoms with Gasteiger partial charge in [0.25, 0.3) is 0 Å². The third kappa shape index (κ3) is 8.67.